The topological polar surface area (TPSA) is 88.2 Å². The van der Waals surface area contributed by atoms with Gasteiger partial charge in [-0.25, -0.2) is 9.59 Å². The quantitative estimate of drug-likeness (QED) is 0.674. The molecule has 0 unspecified atom stereocenters. The van der Waals surface area contributed by atoms with Crippen molar-refractivity contribution >= 4 is 18.0 Å². The molecule has 8 nitrogen and oxygen atoms in total. The molecular formula is C26H31N3O5. The van der Waals surface area contributed by atoms with Gasteiger partial charge in [-0.05, 0) is 44.0 Å². The van der Waals surface area contributed by atoms with E-state index in [0.717, 1.165) is 11.1 Å². The predicted molar refractivity (Wildman–Crippen MR) is 126 cm³/mol. The Bertz CT molecular complexity index is 1090. The number of hydrogen-bond acceptors (Lipinski definition) is 5. The molecule has 2 aromatic carbocycles. The summed E-state index contributed by atoms with van der Waals surface area (Å²) in [6.07, 6.45) is 0.0606. The molecule has 0 aromatic heterocycles. The van der Waals surface area contributed by atoms with Crippen LogP contribution in [0.5, 0.6) is 5.75 Å². The van der Waals surface area contributed by atoms with Crippen molar-refractivity contribution in [3.05, 3.63) is 65.7 Å². The summed E-state index contributed by atoms with van der Waals surface area (Å²) in [5.74, 6) is 0.423. The van der Waals surface area contributed by atoms with Crippen LogP contribution in [0, 0.1) is 0 Å². The van der Waals surface area contributed by atoms with Gasteiger partial charge in [0.15, 0.2) is 0 Å². The number of nitrogens with one attached hydrogen (secondary N) is 1. The molecule has 1 N–H and O–H groups in total. The van der Waals surface area contributed by atoms with Crippen molar-refractivity contribution in [2.45, 2.75) is 56.8 Å². The number of methoxy groups -OCH3 is 1. The highest BCUT2D eigenvalue weighted by atomic mass is 16.6. The molecule has 4 rings (SSSR count). The third kappa shape index (κ3) is 4.08. The molecular weight excluding hydrogens is 434 g/mol. The van der Waals surface area contributed by atoms with E-state index in [2.05, 4.69) is 5.32 Å². The molecule has 1 aliphatic heterocycles. The molecule has 4 amide bonds. The monoisotopic (exact) mass is 465 g/mol. The van der Waals surface area contributed by atoms with Crippen molar-refractivity contribution < 1.29 is 23.9 Å². The lowest BCUT2D eigenvalue weighted by Crippen LogP contribution is -2.69. The first kappa shape index (κ1) is 23.6. The van der Waals surface area contributed by atoms with E-state index in [9.17, 15) is 14.4 Å². The van der Waals surface area contributed by atoms with Crippen LogP contribution in [0.3, 0.4) is 0 Å². The van der Waals surface area contributed by atoms with E-state index in [1.165, 1.54) is 4.90 Å². The van der Waals surface area contributed by atoms with E-state index < -0.39 is 28.8 Å². The zero-order valence-corrected chi connectivity index (χ0v) is 20.3. The Morgan fingerprint density at radius 1 is 1.06 bits per heavy atom. The van der Waals surface area contributed by atoms with Gasteiger partial charge in [-0.1, -0.05) is 42.5 Å². The number of imide groups is 1. The van der Waals surface area contributed by atoms with Crippen LogP contribution >= 0.6 is 0 Å². The molecule has 1 spiro atoms. The average molecular weight is 466 g/mol. The Balaban J connectivity index is 1.58. The van der Waals surface area contributed by atoms with Crippen LogP contribution in [0.15, 0.2) is 54.6 Å². The van der Waals surface area contributed by atoms with Gasteiger partial charge in [0.25, 0.3) is 5.91 Å². The summed E-state index contributed by atoms with van der Waals surface area (Å²) in [6.45, 7) is 5.60. The van der Waals surface area contributed by atoms with E-state index in [-0.39, 0.29) is 25.3 Å². The molecule has 2 aliphatic rings. The number of benzene rings is 2. The van der Waals surface area contributed by atoms with Gasteiger partial charge in [-0.3, -0.25) is 9.69 Å². The lowest BCUT2D eigenvalue weighted by molar-refractivity contribution is -0.142. The molecule has 0 bridgehead atoms. The molecule has 0 radical (unpaired) electrons. The zero-order chi connectivity index (χ0) is 24.7. The molecule has 180 valence electrons. The third-order valence-electron chi connectivity index (χ3n) is 6.55. The minimum atomic E-state index is -1.06. The van der Waals surface area contributed by atoms with Crippen LogP contribution in [-0.4, -0.2) is 53.1 Å². The lowest BCUT2D eigenvalue weighted by atomic mass is 9.59. The highest BCUT2D eigenvalue weighted by Crippen LogP contribution is 2.54. The summed E-state index contributed by atoms with van der Waals surface area (Å²) < 4.78 is 10.8. The van der Waals surface area contributed by atoms with Gasteiger partial charge < -0.3 is 19.7 Å². The minimum absolute atomic E-state index is 0.163. The third-order valence-corrected chi connectivity index (χ3v) is 6.55. The maximum Gasteiger partial charge on any atom is 0.410 e. The van der Waals surface area contributed by atoms with Crippen LogP contribution in [0.2, 0.25) is 0 Å². The summed E-state index contributed by atoms with van der Waals surface area (Å²) in [4.78, 5) is 42.1. The maximum absolute atomic E-state index is 13.5. The number of carbonyl (C=O) groups excluding carboxylic acids is 3. The Morgan fingerprint density at radius 3 is 2.24 bits per heavy atom. The first-order valence-electron chi connectivity index (χ1n) is 11.3. The van der Waals surface area contributed by atoms with Crippen molar-refractivity contribution in [1.29, 1.82) is 0 Å². The fraction of sp³-hybridized carbons (Fsp3) is 0.423. The predicted octanol–water partition coefficient (Wildman–Crippen LogP) is 4.04. The number of carbonyl (C=O) groups is 3. The van der Waals surface area contributed by atoms with Crippen molar-refractivity contribution in [2.24, 2.45) is 0 Å². The Morgan fingerprint density at radius 2 is 1.68 bits per heavy atom. The average Bonchev–Trinajstić information content (AvgIpc) is 3.02. The van der Waals surface area contributed by atoms with Crippen LogP contribution in [-0.2, 0) is 21.6 Å². The van der Waals surface area contributed by atoms with E-state index in [1.54, 1.807) is 31.2 Å². The van der Waals surface area contributed by atoms with Gasteiger partial charge >= 0.3 is 12.1 Å². The Hall–Kier alpha value is -3.55. The van der Waals surface area contributed by atoms with Gasteiger partial charge in [0.2, 0.25) is 0 Å². The Kier molecular flexibility index (Phi) is 5.79. The standard InChI is InChI=1S/C26H31N3O5/c1-24(2,3)34-23(32)28(4)26(19-9-7-6-8-10-19)16-25(17-26)21(30)29(22(31)27-25)15-18-11-13-20(33-5)14-12-18/h6-14H,15-17H2,1-5H3,(H,27,31)/t25-,26-. The van der Waals surface area contributed by atoms with Gasteiger partial charge in [0.05, 0.1) is 19.2 Å². The second-order valence-corrected chi connectivity index (χ2v) is 10.0. The smallest absolute Gasteiger partial charge is 0.410 e. The molecule has 1 aliphatic carbocycles. The van der Waals surface area contributed by atoms with E-state index in [4.69, 9.17) is 9.47 Å². The van der Waals surface area contributed by atoms with Crippen molar-refractivity contribution in [1.82, 2.24) is 15.1 Å². The van der Waals surface area contributed by atoms with E-state index in [1.807, 2.05) is 63.2 Å². The molecule has 2 fully saturated rings. The molecule has 0 atom stereocenters. The van der Waals surface area contributed by atoms with Crippen molar-refractivity contribution in [3.8, 4) is 5.75 Å². The van der Waals surface area contributed by atoms with Crippen molar-refractivity contribution in [2.75, 3.05) is 14.2 Å². The SMILES string of the molecule is COc1ccc(CN2C(=O)N[C@]3(C[C@](c4ccccc4)(N(C)C(=O)OC(C)(C)C)C3)C2=O)cc1. The number of rotatable bonds is 5. The summed E-state index contributed by atoms with van der Waals surface area (Å²) in [5, 5.41) is 2.91. The summed E-state index contributed by atoms with van der Waals surface area (Å²) in [5.41, 5.74) is -0.777. The minimum Gasteiger partial charge on any atom is -0.497 e. The number of urea groups is 1. The van der Waals surface area contributed by atoms with E-state index >= 15 is 0 Å². The van der Waals surface area contributed by atoms with Crippen LogP contribution < -0.4 is 10.1 Å². The highest BCUT2D eigenvalue weighted by Gasteiger charge is 2.67. The summed E-state index contributed by atoms with van der Waals surface area (Å²) in [6, 6.07) is 16.4. The fourth-order valence-electron chi connectivity index (χ4n) is 4.81. The molecule has 1 heterocycles. The van der Waals surface area contributed by atoms with Gasteiger partial charge in [0.1, 0.15) is 16.9 Å². The first-order chi connectivity index (χ1) is 16.0. The van der Waals surface area contributed by atoms with Gasteiger partial charge in [-0.15, -0.1) is 0 Å². The molecule has 34 heavy (non-hydrogen) atoms. The Labute approximate surface area is 199 Å². The normalized spacial score (nSPS) is 24.0. The number of hydrogen-bond donors (Lipinski definition) is 1. The molecule has 2 aromatic rings. The van der Waals surface area contributed by atoms with Gasteiger partial charge in [-0.2, -0.15) is 0 Å². The highest BCUT2D eigenvalue weighted by molar-refractivity contribution is 6.08. The summed E-state index contributed by atoms with van der Waals surface area (Å²) in [7, 11) is 3.27. The second kappa shape index (κ2) is 8.34. The largest absolute Gasteiger partial charge is 0.497 e. The number of ether oxygens (including phenoxy) is 2. The molecule has 1 saturated carbocycles. The van der Waals surface area contributed by atoms with Gasteiger partial charge in [0, 0.05) is 19.9 Å². The van der Waals surface area contributed by atoms with Crippen LogP contribution in [0.4, 0.5) is 9.59 Å². The second-order valence-electron chi connectivity index (χ2n) is 10.0. The molecule has 8 heteroatoms. The number of amides is 4. The fourth-order valence-corrected chi connectivity index (χ4v) is 4.81. The first-order valence-corrected chi connectivity index (χ1v) is 11.3. The van der Waals surface area contributed by atoms with E-state index in [0.29, 0.717) is 5.75 Å². The van der Waals surface area contributed by atoms with Crippen LogP contribution in [0.25, 0.3) is 0 Å². The number of nitrogens with zero attached hydrogens (tertiary/aromatic N) is 2. The lowest BCUT2D eigenvalue weighted by Gasteiger charge is -2.56. The maximum atomic E-state index is 13.5. The van der Waals surface area contributed by atoms with Crippen LogP contribution in [0.1, 0.15) is 44.7 Å². The molecule has 1 saturated heterocycles. The van der Waals surface area contributed by atoms with Crippen molar-refractivity contribution in [3.63, 3.8) is 0 Å². The summed E-state index contributed by atoms with van der Waals surface area (Å²) >= 11 is 0. The zero-order valence-electron chi connectivity index (χ0n) is 20.3.